The van der Waals surface area contributed by atoms with Crippen LogP contribution in [0.4, 0.5) is 11.4 Å². The van der Waals surface area contributed by atoms with E-state index in [1.807, 2.05) is 6.92 Å². The molecular formula is C14H14N2O2. The third-order valence-corrected chi connectivity index (χ3v) is 2.66. The molecule has 92 valence electrons. The van der Waals surface area contributed by atoms with Crippen molar-refractivity contribution in [2.24, 2.45) is 0 Å². The maximum Gasteiger partial charge on any atom is 0.257 e. The number of phenols is 1. The minimum atomic E-state index is -0.262. The van der Waals surface area contributed by atoms with E-state index >= 15 is 0 Å². The molecule has 0 aliphatic rings. The lowest BCUT2D eigenvalue weighted by Crippen LogP contribution is -2.14. The van der Waals surface area contributed by atoms with Crippen LogP contribution in [0.2, 0.25) is 0 Å². The molecule has 0 aliphatic carbocycles. The van der Waals surface area contributed by atoms with Crippen LogP contribution in [0, 0.1) is 6.92 Å². The monoisotopic (exact) mass is 242 g/mol. The van der Waals surface area contributed by atoms with Gasteiger partial charge in [0.25, 0.3) is 5.91 Å². The standard InChI is InChI=1S/C14H14N2O2/c1-9-8-10(17)6-7-13(9)16-14(18)11-4-2-3-5-12(11)15/h2-8,17H,15H2,1H3,(H,16,18). The van der Waals surface area contributed by atoms with Crippen molar-refractivity contribution in [1.29, 1.82) is 0 Å². The van der Waals surface area contributed by atoms with Crippen LogP contribution in [0.15, 0.2) is 42.5 Å². The van der Waals surface area contributed by atoms with Gasteiger partial charge in [0.15, 0.2) is 0 Å². The van der Waals surface area contributed by atoms with E-state index in [1.165, 1.54) is 6.07 Å². The molecule has 4 nitrogen and oxygen atoms in total. The number of amides is 1. The van der Waals surface area contributed by atoms with E-state index in [2.05, 4.69) is 5.32 Å². The zero-order chi connectivity index (χ0) is 13.1. The fourth-order valence-corrected chi connectivity index (χ4v) is 1.68. The van der Waals surface area contributed by atoms with Crippen LogP contribution in [0.25, 0.3) is 0 Å². The number of aryl methyl sites for hydroxylation is 1. The third-order valence-electron chi connectivity index (χ3n) is 2.66. The van der Waals surface area contributed by atoms with Crippen molar-refractivity contribution < 1.29 is 9.90 Å². The number of para-hydroxylation sites is 1. The van der Waals surface area contributed by atoms with Crippen molar-refractivity contribution in [3.05, 3.63) is 53.6 Å². The normalized spacial score (nSPS) is 10.1. The van der Waals surface area contributed by atoms with Crippen LogP contribution in [-0.2, 0) is 0 Å². The highest BCUT2D eigenvalue weighted by Gasteiger charge is 2.10. The highest BCUT2D eigenvalue weighted by atomic mass is 16.3. The number of carbonyl (C=O) groups is 1. The van der Waals surface area contributed by atoms with Gasteiger partial charge in [-0.05, 0) is 42.8 Å². The summed E-state index contributed by atoms with van der Waals surface area (Å²) in [6, 6.07) is 11.6. The number of benzene rings is 2. The molecule has 2 aromatic carbocycles. The summed E-state index contributed by atoms with van der Waals surface area (Å²) in [4.78, 5) is 12.0. The summed E-state index contributed by atoms with van der Waals surface area (Å²) >= 11 is 0. The maximum atomic E-state index is 12.0. The molecule has 0 radical (unpaired) electrons. The summed E-state index contributed by atoms with van der Waals surface area (Å²) in [5, 5.41) is 12.1. The molecule has 0 aliphatic heterocycles. The van der Waals surface area contributed by atoms with E-state index in [1.54, 1.807) is 36.4 Å². The largest absolute Gasteiger partial charge is 0.508 e. The van der Waals surface area contributed by atoms with Crippen molar-refractivity contribution in [3.63, 3.8) is 0 Å². The summed E-state index contributed by atoms with van der Waals surface area (Å²) in [5.41, 5.74) is 8.05. The predicted molar refractivity (Wildman–Crippen MR) is 71.7 cm³/mol. The van der Waals surface area contributed by atoms with Crippen molar-refractivity contribution in [2.75, 3.05) is 11.1 Å². The van der Waals surface area contributed by atoms with E-state index in [9.17, 15) is 9.90 Å². The van der Waals surface area contributed by atoms with Crippen molar-refractivity contribution in [1.82, 2.24) is 0 Å². The lowest BCUT2D eigenvalue weighted by molar-refractivity contribution is 0.102. The number of anilines is 2. The summed E-state index contributed by atoms with van der Waals surface area (Å²) in [6.07, 6.45) is 0. The van der Waals surface area contributed by atoms with Crippen LogP contribution in [-0.4, -0.2) is 11.0 Å². The first-order valence-electron chi connectivity index (χ1n) is 5.53. The van der Waals surface area contributed by atoms with Gasteiger partial charge in [0.1, 0.15) is 5.75 Å². The van der Waals surface area contributed by atoms with Gasteiger partial charge in [0.05, 0.1) is 5.56 Å². The van der Waals surface area contributed by atoms with Gasteiger partial charge in [-0.1, -0.05) is 12.1 Å². The Labute approximate surface area is 105 Å². The number of nitrogens with one attached hydrogen (secondary N) is 1. The molecular weight excluding hydrogens is 228 g/mol. The van der Waals surface area contributed by atoms with Gasteiger partial charge in [-0.3, -0.25) is 4.79 Å². The number of carbonyl (C=O) groups excluding carboxylic acids is 1. The van der Waals surface area contributed by atoms with E-state index in [4.69, 9.17) is 5.73 Å². The number of phenolic OH excluding ortho intramolecular Hbond substituents is 1. The average Bonchev–Trinajstić information content (AvgIpc) is 2.33. The van der Waals surface area contributed by atoms with Gasteiger partial charge < -0.3 is 16.2 Å². The number of nitrogen functional groups attached to an aromatic ring is 1. The Hall–Kier alpha value is -2.49. The van der Waals surface area contributed by atoms with Crippen LogP contribution in [0.1, 0.15) is 15.9 Å². The molecule has 4 heteroatoms. The Kier molecular flexibility index (Phi) is 3.19. The summed E-state index contributed by atoms with van der Waals surface area (Å²) in [7, 11) is 0. The average molecular weight is 242 g/mol. The van der Waals surface area contributed by atoms with Gasteiger partial charge in [-0.2, -0.15) is 0 Å². The number of hydrogen-bond donors (Lipinski definition) is 3. The summed E-state index contributed by atoms with van der Waals surface area (Å²) in [6.45, 7) is 1.81. The molecule has 0 atom stereocenters. The number of aromatic hydroxyl groups is 1. The summed E-state index contributed by atoms with van der Waals surface area (Å²) in [5.74, 6) is -0.0911. The summed E-state index contributed by atoms with van der Waals surface area (Å²) < 4.78 is 0. The molecule has 0 saturated carbocycles. The molecule has 1 amide bonds. The van der Waals surface area contributed by atoms with Gasteiger partial charge in [-0.25, -0.2) is 0 Å². The molecule has 2 rings (SSSR count). The van der Waals surface area contributed by atoms with E-state index in [0.717, 1.165) is 5.56 Å². The molecule has 0 saturated heterocycles. The predicted octanol–water partition coefficient (Wildman–Crippen LogP) is 2.54. The number of hydrogen-bond acceptors (Lipinski definition) is 3. The Balaban J connectivity index is 2.24. The molecule has 0 heterocycles. The highest BCUT2D eigenvalue weighted by Crippen LogP contribution is 2.21. The minimum Gasteiger partial charge on any atom is -0.508 e. The Morgan fingerprint density at radius 2 is 1.94 bits per heavy atom. The van der Waals surface area contributed by atoms with Gasteiger partial charge in [0, 0.05) is 11.4 Å². The molecule has 0 fully saturated rings. The van der Waals surface area contributed by atoms with Crippen molar-refractivity contribution in [2.45, 2.75) is 6.92 Å². The van der Waals surface area contributed by atoms with Gasteiger partial charge in [-0.15, -0.1) is 0 Å². The molecule has 0 bridgehead atoms. The van der Waals surface area contributed by atoms with Crippen LogP contribution < -0.4 is 11.1 Å². The Morgan fingerprint density at radius 1 is 1.22 bits per heavy atom. The molecule has 0 aromatic heterocycles. The zero-order valence-corrected chi connectivity index (χ0v) is 9.97. The van der Waals surface area contributed by atoms with E-state index in [-0.39, 0.29) is 11.7 Å². The maximum absolute atomic E-state index is 12.0. The number of rotatable bonds is 2. The van der Waals surface area contributed by atoms with E-state index in [0.29, 0.717) is 16.9 Å². The first-order chi connectivity index (χ1) is 8.58. The van der Waals surface area contributed by atoms with E-state index < -0.39 is 0 Å². The fourth-order valence-electron chi connectivity index (χ4n) is 1.68. The quantitative estimate of drug-likeness (QED) is 0.559. The second-order valence-corrected chi connectivity index (χ2v) is 4.04. The fraction of sp³-hybridized carbons (Fsp3) is 0.0714. The van der Waals surface area contributed by atoms with Crippen LogP contribution >= 0.6 is 0 Å². The van der Waals surface area contributed by atoms with Crippen LogP contribution in [0.3, 0.4) is 0 Å². The molecule has 0 unspecified atom stereocenters. The van der Waals surface area contributed by atoms with Crippen molar-refractivity contribution >= 4 is 17.3 Å². The second-order valence-electron chi connectivity index (χ2n) is 4.04. The first-order valence-corrected chi connectivity index (χ1v) is 5.53. The first kappa shape index (κ1) is 12.0. The van der Waals surface area contributed by atoms with Crippen molar-refractivity contribution in [3.8, 4) is 5.75 Å². The lowest BCUT2D eigenvalue weighted by atomic mass is 10.1. The molecule has 18 heavy (non-hydrogen) atoms. The SMILES string of the molecule is Cc1cc(O)ccc1NC(=O)c1ccccc1N. The highest BCUT2D eigenvalue weighted by molar-refractivity contribution is 6.08. The molecule has 2 aromatic rings. The van der Waals surface area contributed by atoms with Gasteiger partial charge in [0.2, 0.25) is 0 Å². The zero-order valence-electron chi connectivity index (χ0n) is 9.97. The van der Waals surface area contributed by atoms with Gasteiger partial charge >= 0.3 is 0 Å². The molecule has 4 N–H and O–H groups in total. The Morgan fingerprint density at radius 3 is 2.61 bits per heavy atom. The smallest absolute Gasteiger partial charge is 0.257 e. The number of nitrogens with two attached hydrogens (primary N) is 1. The Bertz CT molecular complexity index is 594. The minimum absolute atomic E-state index is 0.171. The lowest BCUT2D eigenvalue weighted by Gasteiger charge is -2.10. The molecule has 0 spiro atoms. The topological polar surface area (TPSA) is 75.3 Å². The van der Waals surface area contributed by atoms with Crippen LogP contribution in [0.5, 0.6) is 5.75 Å². The third kappa shape index (κ3) is 2.43. The second kappa shape index (κ2) is 4.79.